The molecule has 2 saturated heterocycles. The Balaban J connectivity index is 2.13. The molecule has 2 bridgehead atoms. The van der Waals surface area contributed by atoms with Crippen LogP contribution in [0.2, 0.25) is 0 Å². The Labute approximate surface area is 70.1 Å². The van der Waals surface area contributed by atoms with Gasteiger partial charge in [-0.15, -0.1) is 0 Å². The smallest absolute Gasteiger partial charge is 0.312 e. The molecule has 0 amide bonds. The SMILES string of the molecule is O=C(O)C12COCC(CO)(C1)C2. The molecule has 0 atom stereocenters. The molecule has 3 aliphatic rings. The number of ether oxygens (including phenoxy) is 1. The lowest BCUT2D eigenvalue weighted by molar-refractivity contribution is -0.221. The monoisotopic (exact) mass is 172 g/mol. The number of aliphatic carboxylic acids is 1. The van der Waals surface area contributed by atoms with Gasteiger partial charge in [0.05, 0.1) is 25.2 Å². The number of aliphatic hydroxyl groups excluding tert-OH is 1. The van der Waals surface area contributed by atoms with E-state index in [2.05, 4.69) is 0 Å². The Morgan fingerprint density at radius 3 is 2.58 bits per heavy atom. The molecule has 4 nitrogen and oxygen atoms in total. The Morgan fingerprint density at radius 1 is 1.42 bits per heavy atom. The van der Waals surface area contributed by atoms with E-state index in [4.69, 9.17) is 14.9 Å². The molecule has 1 saturated carbocycles. The highest BCUT2D eigenvalue weighted by molar-refractivity contribution is 5.76. The molecule has 2 N–H and O–H groups in total. The van der Waals surface area contributed by atoms with Crippen LogP contribution in [0.15, 0.2) is 0 Å². The number of aliphatic hydroxyl groups is 1. The normalized spacial score (nSPS) is 45.1. The average molecular weight is 172 g/mol. The van der Waals surface area contributed by atoms with Crippen LogP contribution in [0.3, 0.4) is 0 Å². The van der Waals surface area contributed by atoms with Crippen LogP contribution in [-0.4, -0.2) is 36.0 Å². The maximum absolute atomic E-state index is 10.8. The minimum Gasteiger partial charge on any atom is -0.481 e. The molecule has 0 aromatic carbocycles. The zero-order valence-electron chi connectivity index (χ0n) is 6.75. The average Bonchev–Trinajstić information content (AvgIpc) is 2.03. The highest BCUT2D eigenvalue weighted by Crippen LogP contribution is 2.57. The number of carbonyl (C=O) groups is 1. The van der Waals surface area contributed by atoms with Crippen LogP contribution in [0.5, 0.6) is 0 Å². The quantitative estimate of drug-likeness (QED) is 0.608. The first-order chi connectivity index (χ1) is 5.63. The summed E-state index contributed by atoms with van der Waals surface area (Å²) in [6, 6.07) is 0. The second-order valence-electron chi connectivity index (χ2n) is 4.09. The van der Waals surface area contributed by atoms with Gasteiger partial charge in [0.25, 0.3) is 0 Å². The van der Waals surface area contributed by atoms with E-state index in [0.29, 0.717) is 26.1 Å². The van der Waals surface area contributed by atoms with Gasteiger partial charge >= 0.3 is 5.97 Å². The number of hydrogen-bond donors (Lipinski definition) is 2. The van der Waals surface area contributed by atoms with E-state index in [0.717, 1.165) is 0 Å². The minimum absolute atomic E-state index is 0.0437. The Bertz CT molecular complexity index is 217. The third kappa shape index (κ3) is 0.820. The van der Waals surface area contributed by atoms with E-state index in [1.165, 1.54) is 0 Å². The molecule has 0 radical (unpaired) electrons. The maximum Gasteiger partial charge on any atom is 0.312 e. The number of fused-ring (bicyclic) bond motifs is 2. The van der Waals surface area contributed by atoms with Crippen molar-refractivity contribution in [1.82, 2.24) is 0 Å². The molecule has 12 heavy (non-hydrogen) atoms. The second-order valence-corrected chi connectivity index (χ2v) is 4.09. The van der Waals surface area contributed by atoms with Crippen LogP contribution in [0.25, 0.3) is 0 Å². The molecule has 0 unspecified atom stereocenters. The highest BCUT2D eigenvalue weighted by Gasteiger charge is 2.62. The van der Waals surface area contributed by atoms with Crippen LogP contribution in [-0.2, 0) is 9.53 Å². The lowest BCUT2D eigenvalue weighted by Gasteiger charge is -2.56. The molecule has 0 spiro atoms. The molecule has 2 aliphatic heterocycles. The van der Waals surface area contributed by atoms with E-state index >= 15 is 0 Å². The van der Waals surface area contributed by atoms with Crippen molar-refractivity contribution in [2.45, 2.75) is 12.8 Å². The van der Waals surface area contributed by atoms with Crippen molar-refractivity contribution in [2.75, 3.05) is 19.8 Å². The van der Waals surface area contributed by atoms with Crippen molar-refractivity contribution in [1.29, 1.82) is 0 Å². The van der Waals surface area contributed by atoms with Crippen molar-refractivity contribution in [3.63, 3.8) is 0 Å². The summed E-state index contributed by atoms with van der Waals surface area (Å²) in [7, 11) is 0. The molecule has 0 aromatic rings. The zero-order valence-corrected chi connectivity index (χ0v) is 6.75. The Kier molecular flexibility index (Phi) is 1.47. The van der Waals surface area contributed by atoms with E-state index < -0.39 is 11.4 Å². The van der Waals surface area contributed by atoms with Gasteiger partial charge in [-0.3, -0.25) is 4.79 Å². The van der Waals surface area contributed by atoms with Gasteiger partial charge in [0, 0.05) is 5.41 Å². The van der Waals surface area contributed by atoms with E-state index in [1.54, 1.807) is 0 Å². The summed E-state index contributed by atoms with van der Waals surface area (Å²) in [5.74, 6) is -0.786. The lowest BCUT2D eigenvalue weighted by Crippen LogP contribution is -2.61. The number of carboxylic acid groups (broad SMARTS) is 1. The fraction of sp³-hybridized carbons (Fsp3) is 0.875. The van der Waals surface area contributed by atoms with Crippen molar-refractivity contribution < 1.29 is 19.7 Å². The molecule has 3 rings (SSSR count). The van der Waals surface area contributed by atoms with E-state index in [-0.39, 0.29) is 12.0 Å². The number of hydrogen-bond acceptors (Lipinski definition) is 3. The third-order valence-electron chi connectivity index (χ3n) is 3.00. The van der Waals surface area contributed by atoms with Crippen molar-refractivity contribution >= 4 is 5.97 Å². The standard InChI is InChI=1S/C8H12O4/c9-3-7-1-8(2-7,6(10)11)5-12-4-7/h9H,1-5H2,(H,10,11). The first kappa shape index (κ1) is 8.01. The second kappa shape index (κ2) is 2.20. The van der Waals surface area contributed by atoms with Gasteiger partial charge < -0.3 is 14.9 Å². The Hall–Kier alpha value is -0.610. The highest BCUT2D eigenvalue weighted by atomic mass is 16.5. The fourth-order valence-electron chi connectivity index (χ4n) is 2.42. The van der Waals surface area contributed by atoms with Gasteiger partial charge in [0.15, 0.2) is 0 Å². The van der Waals surface area contributed by atoms with Gasteiger partial charge in [0.2, 0.25) is 0 Å². The van der Waals surface area contributed by atoms with Crippen molar-refractivity contribution in [3.8, 4) is 0 Å². The first-order valence-corrected chi connectivity index (χ1v) is 4.05. The van der Waals surface area contributed by atoms with Crippen LogP contribution in [0, 0.1) is 10.8 Å². The van der Waals surface area contributed by atoms with E-state index in [9.17, 15) is 4.79 Å². The summed E-state index contributed by atoms with van der Waals surface area (Å²) >= 11 is 0. The Morgan fingerprint density at radius 2 is 2.08 bits per heavy atom. The van der Waals surface area contributed by atoms with Gasteiger partial charge in [-0.05, 0) is 12.8 Å². The predicted octanol–water partition coefficient (Wildman–Crippen LogP) is -0.140. The summed E-state index contributed by atoms with van der Waals surface area (Å²) in [5.41, 5.74) is -0.919. The summed E-state index contributed by atoms with van der Waals surface area (Å²) in [5, 5.41) is 17.9. The summed E-state index contributed by atoms with van der Waals surface area (Å²) < 4.78 is 5.15. The lowest BCUT2D eigenvalue weighted by atomic mass is 9.52. The largest absolute Gasteiger partial charge is 0.481 e. The van der Waals surface area contributed by atoms with Crippen molar-refractivity contribution in [3.05, 3.63) is 0 Å². The topological polar surface area (TPSA) is 66.8 Å². The van der Waals surface area contributed by atoms with Gasteiger partial charge in [-0.2, -0.15) is 0 Å². The maximum atomic E-state index is 10.8. The molecule has 4 heteroatoms. The summed E-state index contributed by atoms with van der Waals surface area (Å²) in [6.07, 6.45) is 1.15. The molecule has 3 fully saturated rings. The number of rotatable bonds is 2. The molecule has 0 aromatic heterocycles. The van der Waals surface area contributed by atoms with Crippen LogP contribution in [0.1, 0.15) is 12.8 Å². The van der Waals surface area contributed by atoms with Crippen LogP contribution >= 0.6 is 0 Å². The summed E-state index contributed by atoms with van der Waals surface area (Å²) in [4.78, 5) is 10.8. The molecular formula is C8H12O4. The van der Waals surface area contributed by atoms with Gasteiger partial charge in [-0.1, -0.05) is 0 Å². The third-order valence-corrected chi connectivity index (χ3v) is 3.00. The van der Waals surface area contributed by atoms with Crippen LogP contribution in [0.4, 0.5) is 0 Å². The molecule has 68 valence electrons. The van der Waals surface area contributed by atoms with Gasteiger partial charge in [-0.25, -0.2) is 0 Å². The van der Waals surface area contributed by atoms with Gasteiger partial charge in [0.1, 0.15) is 0 Å². The van der Waals surface area contributed by atoms with Crippen molar-refractivity contribution in [2.24, 2.45) is 10.8 Å². The summed E-state index contributed by atoms with van der Waals surface area (Å²) in [6.45, 7) is 0.866. The minimum atomic E-state index is -0.786. The zero-order chi connectivity index (χ0) is 8.82. The fourth-order valence-corrected chi connectivity index (χ4v) is 2.42. The molecule has 2 heterocycles. The molecular weight excluding hydrogens is 160 g/mol. The van der Waals surface area contributed by atoms with E-state index in [1.807, 2.05) is 0 Å². The predicted molar refractivity (Wildman–Crippen MR) is 39.6 cm³/mol. The number of carboxylic acids is 1. The molecule has 1 aliphatic carbocycles. The van der Waals surface area contributed by atoms with Crippen LogP contribution < -0.4 is 0 Å². The first-order valence-electron chi connectivity index (χ1n) is 4.05.